The summed E-state index contributed by atoms with van der Waals surface area (Å²) in [4.78, 5) is 24.1. The van der Waals surface area contributed by atoms with E-state index in [1.54, 1.807) is 0 Å². The molecule has 7 heteroatoms. The molecule has 1 amide bonds. The minimum Gasteiger partial charge on any atom is -0.494 e. The van der Waals surface area contributed by atoms with Gasteiger partial charge in [-0.1, -0.05) is 20.8 Å². The third-order valence-corrected chi connectivity index (χ3v) is 7.04. The molecule has 3 N–H and O–H groups in total. The molecule has 0 bridgehead atoms. The smallest absolute Gasteiger partial charge is 0.251 e. The Morgan fingerprint density at radius 1 is 1.17 bits per heavy atom. The number of piperidine rings is 1. The molecule has 0 radical (unpaired) electrons. The Morgan fingerprint density at radius 3 is 2.37 bits per heavy atom. The molecule has 0 saturated carbocycles. The maximum absolute atomic E-state index is 12.7. The summed E-state index contributed by atoms with van der Waals surface area (Å²) in [6.07, 6.45) is 9.38. The first kappa shape index (κ1) is 26.9. The van der Waals surface area contributed by atoms with Gasteiger partial charge in [-0.05, 0) is 92.7 Å². The van der Waals surface area contributed by atoms with Crippen molar-refractivity contribution in [1.29, 1.82) is 0 Å². The highest BCUT2D eigenvalue weighted by atomic mass is 16.5. The molecule has 0 atom stereocenters. The van der Waals surface area contributed by atoms with Gasteiger partial charge < -0.3 is 20.7 Å². The van der Waals surface area contributed by atoms with Gasteiger partial charge in [0.15, 0.2) is 0 Å². The first-order chi connectivity index (χ1) is 16.7. The van der Waals surface area contributed by atoms with Gasteiger partial charge in [-0.15, -0.1) is 0 Å². The van der Waals surface area contributed by atoms with Crippen molar-refractivity contribution in [3.63, 3.8) is 0 Å². The van der Waals surface area contributed by atoms with Gasteiger partial charge >= 0.3 is 0 Å². The first-order valence-electron chi connectivity index (χ1n) is 13.0. The molecule has 0 aliphatic carbocycles. The van der Waals surface area contributed by atoms with Crippen LogP contribution in [0.15, 0.2) is 24.5 Å². The lowest BCUT2D eigenvalue weighted by atomic mass is 9.92. The van der Waals surface area contributed by atoms with E-state index in [-0.39, 0.29) is 11.3 Å². The number of hydrogen-bond acceptors (Lipinski definition) is 6. The maximum atomic E-state index is 12.7. The zero-order chi connectivity index (χ0) is 25.4. The molecule has 0 unspecified atom stereocenters. The van der Waals surface area contributed by atoms with E-state index < -0.39 is 0 Å². The van der Waals surface area contributed by atoms with E-state index >= 15 is 0 Å². The maximum Gasteiger partial charge on any atom is 0.251 e. The fourth-order valence-electron chi connectivity index (χ4n) is 4.52. The summed E-state index contributed by atoms with van der Waals surface area (Å²) in [6.45, 7) is 14.0. The van der Waals surface area contributed by atoms with Crippen LogP contribution in [0, 0.1) is 25.2 Å². The van der Waals surface area contributed by atoms with Crippen LogP contribution in [0.5, 0.6) is 5.75 Å². The number of nitrogens with two attached hydrogens (primary N) is 1. The summed E-state index contributed by atoms with van der Waals surface area (Å²) in [5, 5.41) is 3.03. The topological polar surface area (TPSA) is 93.4 Å². The number of hydrogen-bond donors (Lipinski definition) is 2. The molecule has 2 aromatic rings. The van der Waals surface area contributed by atoms with Crippen LogP contribution in [0.4, 0.5) is 5.95 Å². The monoisotopic (exact) mass is 481 g/mol. The summed E-state index contributed by atoms with van der Waals surface area (Å²) in [6, 6.07) is 3.94. The fraction of sp³-hybridized carbons (Fsp3) is 0.607. The summed E-state index contributed by atoms with van der Waals surface area (Å²) in [7, 11) is 0. The van der Waals surface area contributed by atoms with Crippen molar-refractivity contribution < 1.29 is 9.53 Å². The number of ether oxygens (including phenoxy) is 1. The predicted octanol–water partition coefficient (Wildman–Crippen LogP) is 4.45. The van der Waals surface area contributed by atoms with E-state index in [1.165, 1.54) is 24.8 Å². The van der Waals surface area contributed by atoms with Gasteiger partial charge in [0.25, 0.3) is 5.91 Å². The fourth-order valence-corrected chi connectivity index (χ4v) is 4.52. The number of amides is 1. The van der Waals surface area contributed by atoms with Crippen LogP contribution in [0.2, 0.25) is 0 Å². The lowest BCUT2D eigenvalue weighted by Gasteiger charge is -2.32. The molecular formula is C28H43N5O2. The molecular weight excluding hydrogens is 438 g/mol. The van der Waals surface area contributed by atoms with Gasteiger partial charge in [-0.25, -0.2) is 9.97 Å². The average Bonchev–Trinajstić information content (AvgIpc) is 2.85. The van der Waals surface area contributed by atoms with Crippen molar-refractivity contribution in [2.45, 2.75) is 66.7 Å². The van der Waals surface area contributed by atoms with Gasteiger partial charge in [0.05, 0.1) is 6.61 Å². The molecule has 1 aromatic heterocycles. The van der Waals surface area contributed by atoms with Crippen LogP contribution >= 0.6 is 0 Å². The van der Waals surface area contributed by atoms with E-state index in [4.69, 9.17) is 10.5 Å². The van der Waals surface area contributed by atoms with E-state index in [0.717, 1.165) is 60.2 Å². The van der Waals surface area contributed by atoms with Gasteiger partial charge in [-0.2, -0.15) is 0 Å². The van der Waals surface area contributed by atoms with Crippen molar-refractivity contribution in [2.24, 2.45) is 17.1 Å². The molecule has 1 aliphatic heterocycles. The number of aryl methyl sites for hydroxylation is 3. The van der Waals surface area contributed by atoms with E-state index in [9.17, 15) is 4.79 Å². The highest BCUT2D eigenvalue weighted by Gasteiger charge is 2.21. The molecule has 7 nitrogen and oxygen atoms in total. The summed E-state index contributed by atoms with van der Waals surface area (Å²) < 4.78 is 6.06. The first-order valence-corrected chi connectivity index (χ1v) is 13.0. The lowest BCUT2D eigenvalue weighted by molar-refractivity contribution is 0.0936. The van der Waals surface area contributed by atoms with Crippen LogP contribution < -0.4 is 20.7 Å². The third kappa shape index (κ3) is 7.66. The number of carbonyl (C=O) groups excluding carboxylic acids is 1. The van der Waals surface area contributed by atoms with Crippen LogP contribution in [0.25, 0.3) is 0 Å². The number of anilines is 1. The van der Waals surface area contributed by atoms with Crippen molar-refractivity contribution in [2.75, 3.05) is 37.7 Å². The highest BCUT2D eigenvalue weighted by Crippen LogP contribution is 2.26. The second-order valence-electron chi connectivity index (χ2n) is 10.6. The molecule has 35 heavy (non-hydrogen) atoms. The predicted molar refractivity (Wildman–Crippen MR) is 142 cm³/mol. The molecule has 1 aliphatic rings. The Labute approximate surface area is 210 Å². The second-order valence-corrected chi connectivity index (χ2v) is 10.6. The number of carbonyl (C=O) groups is 1. The molecule has 1 fully saturated rings. The summed E-state index contributed by atoms with van der Waals surface area (Å²) >= 11 is 0. The van der Waals surface area contributed by atoms with Crippen LogP contribution in [0.3, 0.4) is 0 Å². The van der Waals surface area contributed by atoms with Gasteiger partial charge in [0.2, 0.25) is 5.95 Å². The van der Waals surface area contributed by atoms with Crippen molar-refractivity contribution >= 4 is 11.9 Å². The Morgan fingerprint density at radius 2 is 1.80 bits per heavy atom. The van der Waals surface area contributed by atoms with E-state index in [0.29, 0.717) is 19.7 Å². The standard InChI is InChI=1S/C28H43N5O2/c1-6-22-16-30-27(31-17-22)33-11-9-23(10-12-33)8-7-13-35-24-14-20(2)25(21(3)15-24)26(34)32-19-28(4,5)18-29/h14-17,23H,6-13,18-19,29H2,1-5H3,(H,32,34). The Balaban J connectivity index is 1.41. The number of benzene rings is 1. The number of nitrogens with one attached hydrogen (secondary N) is 1. The summed E-state index contributed by atoms with van der Waals surface area (Å²) in [5.41, 5.74) is 9.44. The highest BCUT2D eigenvalue weighted by molar-refractivity contribution is 5.97. The van der Waals surface area contributed by atoms with E-state index in [1.807, 2.05) is 52.2 Å². The normalized spacial score (nSPS) is 14.7. The zero-order valence-corrected chi connectivity index (χ0v) is 22.2. The van der Waals surface area contributed by atoms with Crippen molar-refractivity contribution in [1.82, 2.24) is 15.3 Å². The minimum absolute atomic E-state index is 0.0499. The number of aromatic nitrogens is 2. The van der Waals surface area contributed by atoms with Gasteiger partial charge in [0, 0.05) is 37.6 Å². The zero-order valence-electron chi connectivity index (χ0n) is 22.2. The lowest BCUT2D eigenvalue weighted by Crippen LogP contribution is -2.38. The molecule has 0 spiro atoms. The second kappa shape index (κ2) is 12.3. The SMILES string of the molecule is CCc1cnc(N2CCC(CCCOc3cc(C)c(C(=O)NCC(C)(C)CN)c(C)c3)CC2)nc1. The van der Waals surface area contributed by atoms with Crippen LogP contribution in [-0.4, -0.2) is 48.7 Å². The molecule has 192 valence electrons. The Bertz CT molecular complexity index is 943. The van der Waals surface area contributed by atoms with Gasteiger partial charge in [-0.3, -0.25) is 4.79 Å². The molecule has 1 saturated heterocycles. The quantitative estimate of drug-likeness (QED) is 0.461. The average molecular weight is 482 g/mol. The number of rotatable bonds is 11. The van der Waals surface area contributed by atoms with Crippen molar-refractivity contribution in [3.8, 4) is 5.75 Å². The summed E-state index contributed by atoms with van der Waals surface area (Å²) in [5.74, 6) is 2.36. The van der Waals surface area contributed by atoms with Gasteiger partial charge in [0.1, 0.15) is 5.75 Å². The van der Waals surface area contributed by atoms with Crippen LogP contribution in [-0.2, 0) is 6.42 Å². The Hall–Kier alpha value is -2.67. The number of nitrogens with zero attached hydrogens (tertiary/aromatic N) is 3. The Kier molecular flexibility index (Phi) is 9.49. The van der Waals surface area contributed by atoms with Crippen molar-refractivity contribution in [3.05, 3.63) is 46.8 Å². The van der Waals surface area contributed by atoms with E-state index in [2.05, 4.69) is 27.1 Å². The molecule has 3 rings (SSSR count). The largest absolute Gasteiger partial charge is 0.494 e. The third-order valence-electron chi connectivity index (χ3n) is 7.04. The molecule has 2 heterocycles. The molecule has 1 aromatic carbocycles. The minimum atomic E-state index is -0.120. The van der Waals surface area contributed by atoms with Crippen LogP contribution in [0.1, 0.15) is 73.5 Å².